The quantitative estimate of drug-likeness (QED) is 0.553. The summed E-state index contributed by atoms with van der Waals surface area (Å²) in [7, 11) is 1.90. The minimum Gasteiger partial charge on any atom is -0.334 e. The second kappa shape index (κ2) is 8.06. The predicted molar refractivity (Wildman–Crippen MR) is 115 cm³/mol. The van der Waals surface area contributed by atoms with E-state index in [9.17, 15) is 4.79 Å². The van der Waals surface area contributed by atoms with E-state index in [1.165, 1.54) is 0 Å². The summed E-state index contributed by atoms with van der Waals surface area (Å²) in [5, 5.41) is 11.7. The van der Waals surface area contributed by atoms with Crippen molar-refractivity contribution in [3.05, 3.63) is 77.5 Å². The summed E-state index contributed by atoms with van der Waals surface area (Å²) < 4.78 is 7.37. The zero-order valence-corrected chi connectivity index (χ0v) is 17.2. The van der Waals surface area contributed by atoms with Gasteiger partial charge in [-0.2, -0.15) is 10.1 Å². The monoisotopic (exact) mass is 414 g/mol. The van der Waals surface area contributed by atoms with Crippen molar-refractivity contribution in [2.75, 3.05) is 6.54 Å². The fourth-order valence-corrected chi connectivity index (χ4v) is 3.85. The second-order valence-electron chi connectivity index (χ2n) is 7.50. The average molecular weight is 414 g/mol. The van der Waals surface area contributed by atoms with Crippen LogP contribution in [0.2, 0.25) is 0 Å². The molecule has 0 saturated carbocycles. The van der Waals surface area contributed by atoms with E-state index in [-0.39, 0.29) is 6.03 Å². The normalized spacial score (nSPS) is 13.1. The molecule has 5 rings (SSSR count). The molecule has 4 aromatic rings. The molecule has 3 heterocycles. The van der Waals surface area contributed by atoms with Gasteiger partial charge in [0.2, 0.25) is 5.82 Å². The van der Waals surface area contributed by atoms with Gasteiger partial charge in [-0.15, -0.1) is 0 Å². The molecule has 156 valence electrons. The maximum absolute atomic E-state index is 12.8. The molecule has 8 heteroatoms. The van der Waals surface area contributed by atoms with E-state index in [4.69, 9.17) is 4.52 Å². The lowest BCUT2D eigenvalue weighted by atomic mass is 10.1. The van der Waals surface area contributed by atoms with E-state index in [2.05, 4.69) is 20.6 Å². The molecule has 0 atom stereocenters. The zero-order chi connectivity index (χ0) is 21.2. The molecule has 8 nitrogen and oxygen atoms in total. The first-order valence-electron chi connectivity index (χ1n) is 10.2. The fraction of sp³-hybridized carbons (Fsp3) is 0.217. The molecule has 0 unspecified atom stereocenters. The van der Waals surface area contributed by atoms with Gasteiger partial charge in [0.1, 0.15) is 0 Å². The van der Waals surface area contributed by atoms with Gasteiger partial charge >= 0.3 is 6.03 Å². The van der Waals surface area contributed by atoms with Crippen molar-refractivity contribution in [2.45, 2.75) is 19.5 Å². The number of fused-ring (bicyclic) bond motifs is 1. The summed E-state index contributed by atoms with van der Waals surface area (Å²) in [6.45, 7) is 1.57. The third-order valence-corrected chi connectivity index (χ3v) is 5.48. The molecule has 0 aliphatic carbocycles. The minimum absolute atomic E-state index is 0.0974. The molecule has 0 bridgehead atoms. The molecule has 2 aromatic heterocycles. The van der Waals surface area contributed by atoms with Crippen LogP contribution in [0.3, 0.4) is 0 Å². The van der Waals surface area contributed by atoms with E-state index in [0.29, 0.717) is 37.0 Å². The van der Waals surface area contributed by atoms with Crippen LogP contribution in [0, 0.1) is 0 Å². The Labute approximate surface area is 179 Å². The predicted octanol–water partition coefficient (Wildman–Crippen LogP) is 3.41. The molecule has 0 radical (unpaired) electrons. The highest BCUT2D eigenvalue weighted by molar-refractivity contribution is 5.75. The largest absolute Gasteiger partial charge is 0.334 e. The van der Waals surface area contributed by atoms with Gasteiger partial charge in [-0.3, -0.25) is 4.68 Å². The van der Waals surface area contributed by atoms with Crippen LogP contribution in [0.5, 0.6) is 0 Å². The van der Waals surface area contributed by atoms with Crippen LogP contribution in [0.1, 0.15) is 16.8 Å². The number of carbonyl (C=O) groups excluding carboxylic acids is 1. The number of urea groups is 1. The number of carbonyl (C=O) groups is 1. The molecule has 0 fully saturated rings. The topological polar surface area (TPSA) is 89.1 Å². The van der Waals surface area contributed by atoms with Crippen LogP contribution in [0.15, 0.2) is 65.2 Å². The molecular weight excluding hydrogens is 392 g/mol. The van der Waals surface area contributed by atoms with Crippen molar-refractivity contribution in [3.8, 4) is 23.0 Å². The number of aromatic nitrogens is 4. The van der Waals surface area contributed by atoms with E-state index in [1.807, 2.05) is 72.4 Å². The highest BCUT2D eigenvalue weighted by Crippen LogP contribution is 2.30. The highest BCUT2D eigenvalue weighted by Gasteiger charge is 2.29. The highest BCUT2D eigenvalue weighted by atomic mass is 16.5. The van der Waals surface area contributed by atoms with Crippen molar-refractivity contribution in [1.29, 1.82) is 0 Å². The van der Waals surface area contributed by atoms with Crippen LogP contribution in [-0.2, 0) is 26.6 Å². The lowest BCUT2D eigenvalue weighted by molar-refractivity contribution is 0.191. The maximum atomic E-state index is 12.8. The van der Waals surface area contributed by atoms with Gasteiger partial charge in [-0.05, 0) is 5.56 Å². The number of amides is 2. The summed E-state index contributed by atoms with van der Waals surface area (Å²) >= 11 is 0. The van der Waals surface area contributed by atoms with Gasteiger partial charge in [0.05, 0.1) is 6.54 Å². The third kappa shape index (κ3) is 3.79. The number of benzene rings is 2. The molecule has 0 saturated heterocycles. The summed E-state index contributed by atoms with van der Waals surface area (Å²) in [4.78, 5) is 19.1. The summed E-state index contributed by atoms with van der Waals surface area (Å²) in [5.41, 5.74) is 4.61. The Bertz CT molecular complexity index is 1200. The van der Waals surface area contributed by atoms with E-state index in [0.717, 1.165) is 28.8 Å². The van der Waals surface area contributed by atoms with Gasteiger partial charge in [-0.25, -0.2) is 4.79 Å². The molecule has 31 heavy (non-hydrogen) atoms. The second-order valence-corrected chi connectivity index (χ2v) is 7.50. The summed E-state index contributed by atoms with van der Waals surface area (Å²) in [6, 6.07) is 19.4. The standard InChI is InChI=1S/C23H22N6O2/c1-28-19-12-13-29(23(30)24-14-16-8-4-2-5-9-16)15-18(19)20(26-28)22-25-21(27-31-22)17-10-6-3-7-11-17/h2-11H,12-15H2,1H3,(H,24,30). The van der Waals surface area contributed by atoms with Crippen LogP contribution in [0.25, 0.3) is 23.0 Å². The Morgan fingerprint density at radius 2 is 1.84 bits per heavy atom. The van der Waals surface area contributed by atoms with Crippen molar-refractivity contribution in [3.63, 3.8) is 0 Å². The Balaban J connectivity index is 1.36. The van der Waals surface area contributed by atoms with Gasteiger partial charge in [0.15, 0.2) is 5.69 Å². The van der Waals surface area contributed by atoms with E-state index in [1.54, 1.807) is 4.90 Å². The van der Waals surface area contributed by atoms with E-state index < -0.39 is 0 Å². The first-order chi connectivity index (χ1) is 15.2. The minimum atomic E-state index is -0.0974. The number of aryl methyl sites for hydroxylation is 1. The van der Waals surface area contributed by atoms with Gasteiger partial charge < -0.3 is 14.7 Å². The van der Waals surface area contributed by atoms with Crippen LogP contribution >= 0.6 is 0 Å². The number of hydrogen-bond acceptors (Lipinski definition) is 5. The summed E-state index contributed by atoms with van der Waals surface area (Å²) in [6.07, 6.45) is 0.720. The number of nitrogens with zero attached hydrogens (tertiary/aromatic N) is 5. The van der Waals surface area contributed by atoms with Gasteiger partial charge in [0.25, 0.3) is 5.89 Å². The first kappa shape index (κ1) is 19.0. The Morgan fingerprint density at radius 3 is 2.61 bits per heavy atom. The Kier molecular flexibility index (Phi) is 4.95. The molecule has 2 amide bonds. The molecular formula is C23H22N6O2. The summed E-state index contributed by atoms with van der Waals surface area (Å²) in [5.74, 6) is 0.880. The van der Waals surface area contributed by atoms with Crippen molar-refractivity contribution in [2.24, 2.45) is 7.05 Å². The van der Waals surface area contributed by atoms with Gasteiger partial charge in [-0.1, -0.05) is 65.8 Å². The Hall–Kier alpha value is -3.94. The number of rotatable bonds is 4. The molecule has 1 N–H and O–H groups in total. The average Bonchev–Trinajstić information content (AvgIpc) is 3.43. The lowest BCUT2D eigenvalue weighted by Crippen LogP contribution is -2.42. The smallest absolute Gasteiger partial charge is 0.317 e. The van der Waals surface area contributed by atoms with Crippen LogP contribution < -0.4 is 5.32 Å². The Morgan fingerprint density at radius 1 is 1.10 bits per heavy atom. The molecule has 2 aromatic carbocycles. The van der Waals surface area contributed by atoms with Crippen molar-refractivity contribution in [1.82, 2.24) is 30.1 Å². The third-order valence-electron chi connectivity index (χ3n) is 5.48. The number of hydrogen-bond donors (Lipinski definition) is 1. The van der Waals surface area contributed by atoms with Gasteiger partial charge in [0, 0.05) is 43.4 Å². The lowest BCUT2D eigenvalue weighted by Gasteiger charge is -2.27. The molecule has 1 aliphatic rings. The maximum Gasteiger partial charge on any atom is 0.317 e. The fourth-order valence-electron chi connectivity index (χ4n) is 3.85. The van der Waals surface area contributed by atoms with Crippen LogP contribution in [0.4, 0.5) is 4.79 Å². The van der Waals surface area contributed by atoms with Crippen molar-refractivity contribution >= 4 is 6.03 Å². The van der Waals surface area contributed by atoms with E-state index >= 15 is 0 Å². The van der Waals surface area contributed by atoms with Crippen molar-refractivity contribution < 1.29 is 9.32 Å². The molecule has 0 spiro atoms. The SMILES string of the molecule is Cn1nc(-c2nc(-c3ccccc3)no2)c2c1CCN(C(=O)NCc1ccccc1)C2. The number of nitrogens with one attached hydrogen (secondary N) is 1. The zero-order valence-electron chi connectivity index (χ0n) is 17.2. The molecule has 1 aliphatic heterocycles. The first-order valence-corrected chi connectivity index (χ1v) is 10.2. The van der Waals surface area contributed by atoms with Crippen LogP contribution in [-0.4, -0.2) is 37.4 Å².